The van der Waals surface area contributed by atoms with E-state index < -0.39 is 0 Å². The highest BCUT2D eigenvalue weighted by molar-refractivity contribution is 5.93. The van der Waals surface area contributed by atoms with Gasteiger partial charge < -0.3 is 0 Å². The van der Waals surface area contributed by atoms with Crippen LogP contribution in [-0.2, 0) is 5.41 Å². The van der Waals surface area contributed by atoms with E-state index in [1.165, 1.54) is 66.8 Å². The van der Waals surface area contributed by atoms with Crippen LogP contribution in [-0.4, -0.2) is 0 Å². The fourth-order valence-electron chi connectivity index (χ4n) is 6.68. The van der Waals surface area contributed by atoms with Crippen molar-refractivity contribution >= 4 is 11.1 Å². The summed E-state index contributed by atoms with van der Waals surface area (Å²) in [5, 5.41) is 0. The highest BCUT2D eigenvalue weighted by atomic mass is 14.4. The zero-order chi connectivity index (χ0) is 30.6. The van der Waals surface area contributed by atoms with Crippen LogP contribution in [0.25, 0.3) is 33.4 Å². The van der Waals surface area contributed by atoms with Gasteiger partial charge in [0, 0.05) is 5.41 Å². The van der Waals surface area contributed by atoms with Crippen molar-refractivity contribution in [2.75, 3.05) is 0 Å². The Hall–Kier alpha value is -5.20. The van der Waals surface area contributed by atoms with Gasteiger partial charge in [-0.3, -0.25) is 0 Å². The normalized spacial score (nSPS) is 16.8. The lowest BCUT2D eigenvalue weighted by molar-refractivity contribution is 0.398. The second-order valence-corrected chi connectivity index (χ2v) is 12.4. The maximum atomic E-state index is 2.46. The Balaban J connectivity index is 1.39. The van der Waals surface area contributed by atoms with Crippen molar-refractivity contribution in [2.24, 2.45) is 0 Å². The zero-order valence-electron chi connectivity index (χ0n) is 26.1. The van der Waals surface area contributed by atoms with Gasteiger partial charge >= 0.3 is 0 Å². The molecule has 0 N–H and O–H groups in total. The van der Waals surface area contributed by atoms with E-state index >= 15 is 0 Å². The number of hydrogen-bond acceptors (Lipinski definition) is 0. The molecule has 0 heteroatoms. The smallest absolute Gasteiger partial charge is 0.0146 e. The van der Waals surface area contributed by atoms with E-state index in [1.54, 1.807) is 0 Å². The lowest BCUT2D eigenvalue weighted by Crippen LogP contribution is -2.34. The Morgan fingerprint density at radius 3 is 1.38 bits per heavy atom. The molecule has 45 heavy (non-hydrogen) atoms. The number of rotatable bonds is 7. The minimum Gasteiger partial charge on any atom is -0.0622 e. The molecule has 1 aliphatic rings. The fourth-order valence-corrected chi connectivity index (χ4v) is 6.68. The van der Waals surface area contributed by atoms with Gasteiger partial charge in [-0.05, 0) is 81.5 Å². The molecular weight excluding hydrogens is 540 g/mol. The van der Waals surface area contributed by atoms with Gasteiger partial charge in [-0.1, -0.05) is 182 Å². The fraction of sp³-hybridized carbons (Fsp3) is 0.111. The molecule has 6 aromatic carbocycles. The molecule has 1 fully saturated rings. The van der Waals surface area contributed by atoms with E-state index in [0.29, 0.717) is 0 Å². The molecule has 0 radical (unpaired) electrons. The van der Waals surface area contributed by atoms with E-state index in [9.17, 15) is 0 Å². The maximum Gasteiger partial charge on any atom is 0.0146 e. The minimum absolute atomic E-state index is 0.00875. The largest absolute Gasteiger partial charge is 0.0622 e. The summed E-state index contributed by atoms with van der Waals surface area (Å²) in [6, 6.07) is 59.5. The van der Waals surface area contributed by atoms with Gasteiger partial charge in [-0.15, -0.1) is 0 Å². The lowest BCUT2D eigenvalue weighted by atomic mass is 9.59. The molecule has 1 aliphatic carbocycles. The summed E-state index contributed by atoms with van der Waals surface area (Å²) < 4.78 is 0. The molecule has 0 aliphatic heterocycles. The van der Waals surface area contributed by atoms with Gasteiger partial charge in [-0.2, -0.15) is 0 Å². The zero-order valence-corrected chi connectivity index (χ0v) is 26.1. The summed E-state index contributed by atoms with van der Waals surface area (Å²) in [6.45, 7) is 4.59. The summed E-state index contributed by atoms with van der Waals surface area (Å²) >= 11 is 0. The average Bonchev–Trinajstić information content (AvgIpc) is 3.11. The standard InChI is InChI=1S/C45H38/c1-33-18-28-41(29-19-33)45(2)31-30-44(45)43(38-16-10-5-11-17-38)32-42(39-24-20-36(21-25-39)34-12-6-3-7-13-34)40-26-22-37(23-27-40)35-14-8-4-9-15-35/h3-29,32H,30-31H2,1-2H3/b44-43-. The first-order valence-electron chi connectivity index (χ1n) is 16.0. The Bertz CT molecular complexity index is 1860. The molecule has 0 bridgehead atoms. The van der Waals surface area contributed by atoms with Crippen LogP contribution in [0.5, 0.6) is 0 Å². The number of benzene rings is 6. The van der Waals surface area contributed by atoms with Crippen molar-refractivity contribution < 1.29 is 0 Å². The van der Waals surface area contributed by atoms with Crippen LogP contribution < -0.4 is 0 Å². The number of hydrogen-bond donors (Lipinski definition) is 0. The van der Waals surface area contributed by atoms with E-state index in [4.69, 9.17) is 0 Å². The monoisotopic (exact) mass is 578 g/mol. The van der Waals surface area contributed by atoms with Crippen molar-refractivity contribution in [1.82, 2.24) is 0 Å². The van der Waals surface area contributed by atoms with Crippen LogP contribution >= 0.6 is 0 Å². The SMILES string of the molecule is Cc1ccc(C2(C)CC/C2=C(\C=C(c2ccc(-c3ccccc3)cc2)c2ccc(-c3ccccc3)cc2)c2ccccc2)cc1. The third kappa shape index (κ3) is 5.85. The molecule has 0 saturated heterocycles. The molecule has 218 valence electrons. The topological polar surface area (TPSA) is 0 Å². The van der Waals surface area contributed by atoms with Gasteiger partial charge in [0.1, 0.15) is 0 Å². The summed E-state index contributed by atoms with van der Waals surface area (Å²) in [5.41, 5.74) is 15.4. The summed E-state index contributed by atoms with van der Waals surface area (Å²) in [4.78, 5) is 0. The molecule has 0 aromatic heterocycles. The highest BCUT2D eigenvalue weighted by Crippen LogP contribution is 2.52. The Labute approximate surface area is 268 Å². The number of aryl methyl sites for hydroxylation is 1. The second-order valence-electron chi connectivity index (χ2n) is 12.4. The van der Waals surface area contributed by atoms with Crippen molar-refractivity contribution in [3.8, 4) is 22.3 Å². The van der Waals surface area contributed by atoms with Crippen LogP contribution in [0.15, 0.2) is 175 Å². The van der Waals surface area contributed by atoms with Gasteiger partial charge in [-0.25, -0.2) is 0 Å². The minimum atomic E-state index is 0.00875. The first-order chi connectivity index (χ1) is 22.1. The maximum absolute atomic E-state index is 2.46. The molecule has 0 heterocycles. The van der Waals surface area contributed by atoms with Crippen LogP contribution in [0, 0.1) is 6.92 Å². The molecule has 0 spiro atoms. The van der Waals surface area contributed by atoms with Crippen molar-refractivity contribution in [1.29, 1.82) is 0 Å². The molecule has 1 saturated carbocycles. The van der Waals surface area contributed by atoms with Crippen LogP contribution in [0.4, 0.5) is 0 Å². The number of allylic oxidation sites excluding steroid dienone is 3. The second kappa shape index (κ2) is 12.4. The van der Waals surface area contributed by atoms with Crippen LogP contribution in [0.2, 0.25) is 0 Å². The Kier molecular flexibility index (Phi) is 7.89. The van der Waals surface area contributed by atoms with Gasteiger partial charge in [0.2, 0.25) is 0 Å². The molecule has 0 amide bonds. The van der Waals surface area contributed by atoms with Gasteiger partial charge in [0.25, 0.3) is 0 Å². The Morgan fingerprint density at radius 2 is 0.933 bits per heavy atom. The molecule has 0 nitrogen and oxygen atoms in total. The first-order valence-corrected chi connectivity index (χ1v) is 16.0. The van der Waals surface area contributed by atoms with E-state index in [-0.39, 0.29) is 5.41 Å². The molecule has 6 aromatic rings. The predicted molar refractivity (Wildman–Crippen MR) is 192 cm³/mol. The van der Waals surface area contributed by atoms with E-state index in [2.05, 4.69) is 184 Å². The van der Waals surface area contributed by atoms with Gasteiger partial charge in [0.05, 0.1) is 0 Å². The lowest BCUT2D eigenvalue weighted by Gasteiger charge is -2.44. The van der Waals surface area contributed by atoms with Crippen molar-refractivity contribution in [2.45, 2.75) is 32.1 Å². The van der Waals surface area contributed by atoms with Crippen LogP contribution in [0.3, 0.4) is 0 Å². The quantitative estimate of drug-likeness (QED) is 0.177. The highest BCUT2D eigenvalue weighted by Gasteiger charge is 2.40. The molecular formula is C45H38. The third-order valence-corrected chi connectivity index (χ3v) is 9.53. The first kappa shape index (κ1) is 28.6. The summed E-state index contributed by atoms with van der Waals surface area (Å²) in [5.74, 6) is 0. The Morgan fingerprint density at radius 1 is 0.489 bits per heavy atom. The molecule has 1 atom stereocenters. The van der Waals surface area contributed by atoms with Crippen molar-refractivity contribution in [3.05, 3.63) is 203 Å². The van der Waals surface area contributed by atoms with Crippen LogP contribution in [0.1, 0.15) is 47.6 Å². The van der Waals surface area contributed by atoms with E-state index in [1.807, 2.05) is 0 Å². The molecule has 7 rings (SSSR count). The summed E-state index contributed by atoms with van der Waals surface area (Å²) in [7, 11) is 0. The molecule has 1 unspecified atom stereocenters. The van der Waals surface area contributed by atoms with Crippen molar-refractivity contribution in [3.63, 3.8) is 0 Å². The van der Waals surface area contributed by atoms with Gasteiger partial charge in [0.15, 0.2) is 0 Å². The average molecular weight is 579 g/mol. The van der Waals surface area contributed by atoms with E-state index in [0.717, 1.165) is 12.8 Å². The third-order valence-electron chi connectivity index (χ3n) is 9.53. The summed E-state index contributed by atoms with van der Waals surface area (Å²) in [6.07, 6.45) is 4.71. The predicted octanol–water partition coefficient (Wildman–Crippen LogP) is 12.0.